The average Bonchev–Trinajstić information content (AvgIpc) is 3.56. The highest BCUT2D eigenvalue weighted by molar-refractivity contribution is 5.89. The molecular formula is C27H32N2O4. The second-order valence-electron chi connectivity index (χ2n) is 9.20. The van der Waals surface area contributed by atoms with Gasteiger partial charge in [0.15, 0.2) is 0 Å². The zero-order valence-corrected chi connectivity index (χ0v) is 19.3. The van der Waals surface area contributed by atoms with E-state index in [1.807, 2.05) is 25.3 Å². The highest BCUT2D eigenvalue weighted by Crippen LogP contribution is 2.46. The molecule has 0 spiro atoms. The summed E-state index contributed by atoms with van der Waals surface area (Å²) in [6.45, 7) is 4.43. The number of piperidine rings is 1. The van der Waals surface area contributed by atoms with Crippen molar-refractivity contribution in [2.75, 3.05) is 20.3 Å². The van der Waals surface area contributed by atoms with Crippen molar-refractivity contribution in [2.45, 2.75) is 57.2 Å². The van der Waals surface area contributed by atoms with Crippen LogP contribution in [0.4, 0.5) is 0 Å². The largest absolute Gasteiger partial charge is 0.496 e. The molecule has 3 aromatic rings. The predicted molar refractivity (Wildman–Crippen MR) is 128 cm³/mol. The van der Waals surface area contributed by atoms with Crippen LogP contribution in [0.2, 0.25) is 0 Å². The van der Waals surface area contributed by atoms with E-state index < -0.39 is 5.97 Å². The minimum absolute atomic E-state index is 0.153. The van der Waals surface area contributed by atoms with Crippen LogP contribution in [-0.4, -0.2) is 47.3 Å². The maximum absolute atomic E-state index is 11.3. The van der Waals surface area contributed by atoms with Gasteiger partial charge < -0.3 is 19.6 Å². The SMILES string of the molecule is CCO[C@@H]1CCN(Cc2c(OC)cc(C3CC3)c3[nH]ccc23)[C@@H](c2ccc(C(=O)O)cc2)C1. The van der Waals surface area contributed by atoms with Crippen molar-refractivity contribution < 1.29 is 19.4 Å². The Labute approximate surface area is 194 Å². The number of aromatic nitrogens is 1. The summed E-state index contributed by atoms with van der Waals surface area (Å²) in [4.78, 5) is 17.3. The first-order valence-corrected chi connectivity index (χ1v) is 11.9. The van der Waals surface area contributed by atoms with Gasteiger partial charge in [0.1, 0.15) is 5.75 Å². The molecule has 5 rings (SSSR count). The molecule has 0 amide bonds. The first kappa shape index (κ1) is 22.0. The van der Waals surface area contributed by atoms with Crippen molar-refractivity contribution in [3.05, 3.63) is 64.8 Å². The van der Waals surface area contributed by atoms with E-state index in [9.17, 15) is 9.90 Å². The summed E-state index contributed by atoms with van der Waals surface area (Å²) in [5.41, 5.74) is 5.25. The van der Waals surface area contributed by atoms with E-state index in [-0.39, 0.29) is 12.1 Å². The lowest BCUT2D eigenvalue weighted by molar-refractivity contribution is -0.0138. The smallest absolute Gasteiger partial charge is 0.335 e. The number of fused-ring (bicyclic) bond motifs is 1. The Hall–Kier alpha value is -2.83. The molecule has 1 aliphatic carbocycles. The Morgan fingerprint density at radius 2 is 1.97 bits per heavy atom. The van der Waals surface area contributed by atoms with Gasteiger partial charge in [0.25, 0.3) is 0 Å². The van der Waals surface area contributed by atoms with E-state index >= 15 is 0 Å². The van der Waals surface area contributed by atoms with Gasteiger partial charge >= 0.3 is 5.97 Å². The van der Waals surface area contributed by atoms with Crippen molar-refractivity contribution in [3.63, 3.8) is 0 Å². The van der Waals surface area contributed by atoms with Crippen LogP contribution in [0.5, 0.6) is 5.75 Å². The lowest BCUT2D eigenvalue weighted by Gasteiger charge is -2.40. The summed E-state index contributed by atoms with van der Waals surface area (Å²) >= 11 is 0. The Morgan fingerprint density at radius 1 is 1.18 bits per heavy atom. The minimum atomic E-state index is -0.899. The Bertz CT molecular complexity index is 1130. The normalized spacial score (nSPS) is 21.4. The predicted octanol–water partition coefficient (Wildman–Crippen LogP) is 5.49. The number of methoxy groups -OCH3 is 1. The van der Waals surface area contributed by atoms with Crippen LogP contribution in [-0.2, 0) is 11.3 Å². The third-order valence-corrected chi connectivity index (χ3v) is 7.15. The second kappa shape index (κ2) is 9.20. The molecule has 2 fully saturated rings. The Kier molecular flexibility index (Phi) is 6.13. The number of aromatic carboxylic acids is 1. The van der Waals surface area contributed by atoms with Crippen LogP contribution in [0.3, 0.4) is 0 Å². The summed E-state index contributed by atoms with van der Waals surface area (Å²) in [5, 5.41) is 10.5. The van der Waals surface area contributed by atoms with Gasteiger partial charge in [-0.25, -0.2) is 4.79 Å². The molecule has 1 aromatic heterocycles. The van der Waals surface area contributed by atoms with Gasteiger partial charge in [0.05, 0.1) is 18.8 Å². The number of ether oxygens (including phenoxy) is 2. The molecule has 1 saturated heterocycles. The minimum Gasteiger partial charge on any atom is -0.496 e. The van der Waals surface area contributed by atoms with Gasteiger partial charge in [-0.3, -0.25) is 4.90 Å². The summed E-state index contributed by atoms with van der Waals surface area (Å²) in [6.07, 6.45) is 6.60. The van der Waals surface area contributed by atoms with Gasteiger partial charge in [-0.1, -0.05) is 12.1 Å². The van der Waals surface area contributed by atoms with E-state index in [1.54, 1.807) is 19.2 Å². The number of H-pyrrole nitrogens is 1. The summed E-state index contributed by atoms with van der Waals surface area (Å²) in [7, 11) is 1.76. The van der Waals surface area contributed by atoms with Gasteiger partial charge in [-0.05, 0) is 73.9 Å². The molecule has 1 aliphatic heterocycles. The van der Waals surface area contributed by atoms with Gasteiger partial charge in [0.2, 0.25) is 0 Å². The average molecular weight is 449 g/mol. The highest BCUT2D eigenvalue weighted by atomic mass is 16.5. The molecule has 0 unspecified atom stereocenters. The fourth-order valence-corrected chi connectivity index (χ4v) is 5.31. The molecule has 2 heterocycles. The van der Waals surface area contributed by atoms with Gasteiger partial charge in [0, 0.05) is 48.4 Å². The van der Waals surface area contributed by atoms with Crippen LogP contribution in [0, 0.1) is 0 Å². The fraction of sp³-hybridized carbons (Fsp3) is 0.444. The number of carboxylic acids is 1. The van der Waals surface area contributed by atoms with Crippen molar-refractivity contribution in [2.24, 2.45) is 0 Å². The second-order valence-corrected chi connectivity index (χ2v) is 9.20. The molecule has 33 heavy (non-hydrogen) atoms. The number of nitrogens with one attached hydrogen (secondary N) is 1. The molecule has 2 aliphatic rings. The zero-order valence-electron chi connectivity index (χ0n) is 19.3. The molecule has 174 valence electrons. The third-order valence-electron chi connectivity index (χ3n) is 7.15. The number of benzene rings is 2. The Morgan fingerprint density at radius 3 is 2.64 bits per heavy atom. The summed E-state index contributed by atoms with van der Waals surface area (Å²) in [5.74, 6) is 0.692. The van der Waals surface area contributed by atoms with Crippen LogP contribution < -0.4 is 4.74 Å². The zero-order chi connectivity index (χ0) is 22.9. The fourth-order valence-electron chi connectivity index (χ4n) is 5.31. The van der Waals surface area contributed by atoms with E-state index in [0.29, 0.717) is 18.1 Å². The first-order valence-electron chi connectivity index (χ1n) is 11.9. The highest BCUT2D eigenvalue weighted by Gasteiger charge is 2.32. The standard InChI is InChI=1S/C27H32N2O4/c1-3-33-20-11-13-29(24(14-20)18-6-8-19(9-7-18)27(30)31)16-23-21-10-12-28-26(21)22(17-4-5-17)15-25(23)32-2/h6-10,12,15,17,20,24,28H,3-5,11,13-14,16H2,1-2H3,(H,30,31)/t20-,24-/m1/s1. The summed E-state index contributed by atoms with van der Waals surface area (Å²) < 4.78 is 11.9. The number of rotatable bonds is 8. The quantitative estimate of drug-likeness (QED) is 0.476. The monoisotopic (exact) mass is 448 g/mol. The molecular weight excluding hydrogens is 416 g/mol. The van der Waals surface area contributed by atoms with E-state index in [1.165, 1.54) is 34.9 Å². The molecule has 1 saturated carbocycles. The van der Waals surface area contributed by atoms with Crippen LogP contribution in [0.15, 0.2) is 42.6 Å². The third kappa shape index (κ3) is 4.37. The number of hydrogen-bond acceptors (Lipinski definition) is 4. The lowest BCUT2D eigenvalue weighted by atomic mass is 9.91. The topological polar surface area (TPSA) is 74.8 Å². The number of likely N-dealkylation sites (tertiary alicyclic amines) is 1. The number of carboxylic acid groups (broad SMARTS) is 1. The van der Waals surface area contributed by atoms with Crippen molar-refractivity contribution in [3.8, 4) is 5.75 Å². The molecule has 6 heteroatoms. The number of hydrogen-bond donors (Lipinski definition) is 2. The van der Waals surface area contributed by atoms with Crippen molar-refractivity contribution in [1.82, 2.24) is 9.88 Å². The maximum atomic E-state index is 11.3. The van der Waals surface area contributed by atoms with Crippen LogP contribution >= 0.6 is 0 Å². The molecule has 0 radical (unpaired) electrons. The van der Waals surface area contributed by atoms with Crippen molar-refractivity contribution >= 4 is 16.9 Å². The molecule has 2 atom stereocenters. The van der Waals surface area contributed by atoms with E-state index in [0.717, 1.165) is 37.2 Å². The number of aromatic amines is 1. The van der Waals surface area contributed by atoms with Crippen molar-refractivity contribution in [1.29, 1.82) is 0 Å². The molecule has 0 bridgehead atoms. The number of nitrogens with zero attached hydrogens (tertiary/aromatic N) is 1. The molecule has 2 aromatic carbocycles. The van der Waals surface area contributed by atoms with Gasteiger partial charge in [-0.2, -0.15) is 0 Å². The Balaban J connectivity index is 1.49. The van der Waals surface area contributed by atoms with Crippen LogP contribution in [0.25, 0.3) is 10.9 Å². The van der Waals surface area contributed by atoms with E-state index in [2.05, 4.69) is 22.0 Å². The lowest BCUT2D eigenvalue weighted by Crippen LogP contribution is -2.39. The molecule has 6 nitrogen and oxygen atoms in total. The van der Waals surface area contributed by atoms with Crippen LogP contribution in [0.1, 0.15) is 71.6 Å². The number of carbonyl (C=O) groups is 1. The first-order chi connectivity index (χ1) is 16.1. The maximum Gasteiger partial charge on any atom is 0.335 e. The summed E-state index contributed by atoms with van der Waals surface area (Å²) in [6, 6.07) is 11.9. The molecule has 2 N–H and O–H groups in total. The van der Waals surface area contributed by atoms with Gasteiger partial charge in [-0.15, -0.1) is 0 Å². The van der Waals surface area contributed by atoms with E-state index in [4.69, 9.17) is 9.47 Å².